The van der Waals surface area contributed by atoms with Gasteiger partial charge in [0.15, 0.2) is 0 Å². The van der Waals surface area contributed by atoms with Crippen LogP contribution < -0.4 is 4.74 Å². The molecular weight excluding hydrogens is 264 g/mol. The van der Waals surface area contributed by atoms with Gasteiger partial charge in [0, 0.05) is 25.7 Å². The molecule has 1 aromatic rings. The highest BCUT2D eigenvalue weighted by Gasteiger charge is 2.28. The number of rotatable bonds is 6. The smallest absolute Gasteiger partial charge is 0.303 e. The average molecular weight is 280 g/mol. The molecule has 0 aromatic heterocycles. The number of carboxylic acid groups (broad SMARTS) is 1. The molecule has 0 saturated carbocycles. The minimum atomic E-state index is -0.785. The van der Waals surface area contributed by atoms with Gasteiger partial charge in [0.2, 0.25) is 0 Å². The van der Waals surface area contributed by atoms with Crippen LogP contribution in [0.1, 0.15) is 12.0 Å². The van der Waals surface area contributed by atoms with Crippen molar-refractivity contribution < 1.29 is 19.6 Å². The molecule has 0 amide bonds. The van der Waals surface area contributed by atoms with Gasteiger partial charge in [-0.2, -0.15) is 0 Å². The van der Waals surface area contributed by atoms with Crippen LogP contribution in [0.25, 0.3) is 0 Å². The van der Waals surface area contributed by atoms with E-state index < -0.39 is 10.9 Å². The molecule has 0 aliphatic carbocycles. The lowest BCUT2D eigenvalue weighted by molar-refractivity contribution is -0.385. The molecule has 0 unspecified atom stereocenters. The van der Waals surface area contributed by atoms with E-state index in [4.69, 9.17) is 9.84 Å². The van der Waals surface area contributed by atoms with Crippen molar-refractivity contribution in [2.75, 3.05) is 20.2 Å². The Morgan fingerprint density at radius 1 is 1.50 bits per heavy atom. The molecule has 0 bridgehead atoms. The largest absolute Gasteiger partial charge is 0.496 e. The van der Waals surface area contributed by atoms with Crippen molar-refractivity contribution in [3.63, 3.8) is 0 Å². The van der Waals surface area contributed by atoms with E-state index in [-0.39, 0.29) is 18.0 Å². The second-order valence-electron chi connectivity index (χ2n) is 4.95. The SMILES string of the molecule is COc1cc(CN2CC(CC(=O)O)C2)cc([N+](=O)[O-])c1. The molecule has 1 aliphatic rings. The lowest BCUT2D eigenvalue weighted by Crippen LogP contribution is -2.46. The number of hydrogen-bond acceptors (Lipinski definition) is 5. The monoisotopic (exact) mass is 280 g/mol. The van der Waals surface area contributed by atoms with Gasteiger partial charge in [-0.3, -0.25) is 19.8 Å². The van der Waals surface area contributed by atoms with Crippen LogP contribution in [0.5, 0.6) is 5.75 Å². The Hall–Kier alpha value is -2.15. The van der Waals surface area contributed by atoms with Gasteiger partial charge < -0.3 is 9.84 Å². The number of carboxylic acids is 1. The number of hydrogen-bond donors (Lipinski definition) is 1. The summed E-state index contributed by atoms with van der Waals surface area (Å²) >= 11 is 0. The second-order valence-corrected chi connectivity index (χ2v) is 4.95. The number of methoxy groups -OCH3 is 1. The van der Waals surface area contributed by atoms with E-state index in [9.17, 15) is 14.9 Å². The fourth-order valence-electron chi connectivity index (χ4n) is 2.40. The topological polar surface area (TPSA) is 92.9 Å². The molecule has 1 aromatic carbocycles. The predicted molar refractivity (Wildman–Crippen MR) is 70.7 cm³/mol. The Labute approximate surface area is 115 Å². The zero-order chi connectivity index (χ0) is 14.7. The molecule has 108 valence electrons. The summed E-state index contributed by atoms with van der Waals surface area (Å²) in [4.78, 5) is 23.0. The number of nitro groups is 1. The van der Waals surface area contributed by atoms with Crippen LogP contribution in [-0.4, -0.2) is 41.1 Å². The molecular formula is C13H16N2O5. The van der Waals surface area contributed by atoms with Gasteiger partial charge in [0.25, 0.3) is 5.69 Å². The molecule has 2 rings (SSSR count). The number of non-ortho nitro benzene ring substituents is 1. The second kappa shape index (κ2) is 5.87. The maximum atomic E-state index is 10.8. The number of nitro benzene ring substituents is 1. The molecule has 0 radical (unpaired) electrons. The van der Waals surface area contributed by atoms with E-state index >= 15 is 0 Å². The van der Waals surface area contributed by atoms with Crippen LogP contribution in [0, 0.1) is 16.0 Å². The normalized spacial score (nSPS) is 15.7. The van der Waals surface area contributed by atoms with Crippen molar-refractivity contribution in [1.29, 1.82) is 0 Å². The number of aliphatic carboxylic acids is 1. The van der Waals surface area contributed by atoms with Crippen molar-refractivity contribution >= 4 is 11.7 Å². The first-order valence-electron chi connectivity index (χ1n) is 6.24. The first-order valence-corrected chi connectivity index (χ1v) is 6.24. The van der Waals surface area contributed by atoms with Crippen molar-refractivity contribution in [3.05, 3.63) is 33.9 Å². The number of benzene rings is 1. The fraction of sp³-hybridized carbons (Fsp3) is 0.462. The van der Waals surface area contributed by atoms with E-state index in [1.165, 1.54) is 19.2 Å². The Balaban J connectivity index is 1.98. The summed E-state index contributed by atoms with van der Waals surface area (Å²) in [7, 11) is 1.47. The third-order valence-corrected chi connectivity index (χ3v) is 3.30. The minimum absolute atomic E-state index is 0.00181. The summed E-state index contributed by atoms with van der Waals surface area (Å²) in [5.41, 5.74) is 0.798. The molecule has 7 heteroatoms. The Morgan fingerprint density at radius 3 is 2.75 bits per heavy atom. The summed E-state index contributed by atoms with van der Waals surface area (Å²) in [6, 6.07) is 4.66. The average Bonchev–Trinajstić information content (AvgIpc) is 2.35. The van der Waals surface area contributed by atoms with Gasteiger partial charge in [-0.05, 0) is 17.5 Å². The van der Waals surface area contributed by atoms with Gasteiger partial charge in [0.1, 0.15) is 5.75 Å². The highest BCUT2D eigenvalue weighted by molar-refractivity contribution is 5.67. The van der Waals surface area contributed by atoms with E-state index in [1.54, 1.807) is 6.07 Å². The van der Waals surface area contributed by atoms with Gasteiger partial charge in [0.05, 0.1) is 24.5 Å². The molecule has 1 saturated heterocycles. The van der Waals surface area contributed by atoms with Gasteiger partial charge >= 0.3 is 5.97 Å². The number of likely N-dealkylation sites (tertiary alicyclic amines) is 1. The Morgan fingerprint density at radius 2 is 2.20 bits per heavy atom. The minimum Gasteiger partial charge on any atom is -0.496 e. The summed E-state index contributed by atoms with van der Waals surface area (Å²) in [6.07, 6.45) is 0.175. The zero-order valence-corrected chi connectivity index (χ0v) is 11.1. The number of carbonyl (C=O) groups is 1. The quantitative estimate of drug-likeness (QED) is 0.627. The number of ether oxygens (including phenoxy) is 1. The molecule has 1 aliphatic heterocycles. The number of nitrogens with zero attached hydrogens (tertiary/aromatic N) is 2. The van der Waals surface area contributed by atoms with Crippen LogP contribution in [0.15, 0.2) is 18.2 Å². The fourth-order valence-corrected chi connectivity index (χ4v) is 2.40. The van der Waals surface area contributed by atoms with Gasteiger partial charge in [-0.15, -0.1) is 0 Å². The molecule has 0 atom stereocenters. The standard InChI is InChI=1S/C13H16N2O5/c1-20-12-3-9(2-11(5-12)15(18)19)6-14-7-10(8-14)4-13(16)17/h2-3,5,10H,4,6-8H2,1H3,(H,16,17). The van der Waals surface area contributed by atoms with Crippen LogP contribution in [-0.2, 0) is 11.3 Å². The van der Waals surface area contributed by atoms with Crippen molar-refractivity contribution in [2.24, 2.45) is 5.92 Å². The van der Waals surface area contributed by atoms with E-state index in [0.717, 1.165) is 5.56 Å². The summed E-state index contributed by atoms with van der Waals surface area (Å²) in [6.45, 7) is 1.97. The van der Waals surface area contributed by atoms with E-state index in [1.807, 2.05) is 0 Å². The summed E-state index contributed by atoms with van der Waals surface area (Å²) in [5.74, 6) is -0.156. The van der Waals surface area contributed by atoms with Crippen LogP contribution >= 0.6 is 0 Å². The molecule has 1 fully saturated rings. The third-order valence-electron chi connectivity index (χ3n) is 3.30. The molecule has 1 N–H and O–H groups in total. The van der Waals surface area contributed by atoms with Gasteiger partial charge in [-0.1, -0.05) is 0 Å². The summed E-state index contributed by atoms with van der Waals surface area (Å²) in [5, 5.41) is 19.5. The molecule has 20 heavy (non-hydrogen) atoms. The predicted octanol–water partition coefficient (Wildman–Crippen LogP) is 1.51. The molecule has 0 spiro atoms. The van der Waals surface area contributed by atoms with E-state index in [2.05, 4.69) is 4.90 Å². The van der Waals surface area contributed by atoms with Crippen LogP contribution in [0.4, 0.5) is 5.69 Å². The van der Waals surface area contributed by atoms with Crippen molar-refractivity contribution in [1.82, 2.24) is 4.90 Å². The third kappa shape index (κ3) is 3.45. The molecule has 1 heterocycles. The maximum absolute atomic E-state index is 10.8. The first kappa shape index (κ1) is 14.3. The highest BCUT2D eigenvalue weighted by atomic mass is 16.6. The lowest BCUT2D eigenvalue weighted by Gasteiger charge is -2.38. The molecule has 7 nitrogen and oxygen atoms in total. The zero-order valence-electron chi connectivity index (χ0n) is 11.1. The first-order chi connectivity index (χ1) is 9.47. The van der Waals surface area contributed by atoms with Crippen LogP contribution in [0.3, 0.4) is 0 Å². The van der Waals surface area contributed by atoms with Crippen LogP contribution in [0.2, 0.25) is 0 Å². The Bertz CT molecular complexity index is 525. The highest BCUT2D eigenvalue weighted by Crippen LogP contribution is 2.26. The van der Waals surface area contributed by atoms with E-state index in [0.29, 0.717) is 25.4 Å². The summed E-state index contributed by atoms with van der Waals surface area (Å²) < 4.78 is 5.05. The van der Waals surface area contributed by atoms with Crippen molar-refractivity contribution in [2.45, 2.75) is 13.0 Å². The van der Waals surface area contributed by atoms with Gasteiger partial charge in [-0.25, -0.2) is 0 Å². The lowest BCUT2D eigenvalue weighted by atomic mass is 9.96. The maximum Gasteiger partial charge on any atom is 0.303 e. The van der Waals surface area contributed by atoms with Crippen molar-refractivity contribution in [3.8, 4) is 5.75 Å². The Kier molecular flexibility index (Phi) is 4.19.